The summed E-state index contributed by atoms with van der Waals surface area (Å²) in [6, 6.07) is 15.3. The van der Waals surface area contributed by atoms with E-state index in [2.05, 4.69) is 16.0 Å². The standard InChI is InChI=1S/C18H15N3O2/c1-22-14-8-7-12(17(10-14)23-2)9-13(11-19)18-20-15-5-3-4-6-16(15)21-18/h3-10H,1-2H3,(H,20,21). The van der Waals surface area contributed by atoms with E-state index in [9.17, 15) is 5.26 Å². The molecule has 0 aliphatic carbocycles. The number of nitrogens with one attached hydrogen (secondary N) is 1. The van der Waals surface area contributed by atoms with Gasteiger partial charge in [0.05, 0.1) is 30.8 Å². The Kier molecular flexibility index (Phi) is 3.98. The number of allylic oxidation sites excluding steroid dienone is 1. The fourth-order valence-corrected chi connectivity index (χ4v) is 2.33. The molecule has 114 valence electrons. The van der Waals surface area contributed by atoms with Crippen molar-refractivity contribution in [1.82, 2.24) is 9.97 Å². The van der Waals surface area contributed by atoms with Crippen molar-refractivity contribution in [3.05, 3.63) is 53.9 Å². The van der Waals surface area contributed by atoms with Gasteiger partial charge < -0.3 is 14.5 Å². The number of aromatic nitrogens is 2. The molecule has 5 nitrogen and oxygen atoms in total. The number of methoxy groups -OCH3 is 2. The summed E-state index contributed by atoms with van der Waals surface area (Å²) < 4.78 is 10.5. The van der Waals surface area contributed by atoms with Crippen molar-refractivity contribution in [3.63, 3.8) is 0 Å². The van der Waals surface area contributed by atoms with Gasteiger partial charge in [-0.15, -0.1) is 0 Å². The molecule has 1 aromatic heterocycles. The molecule has 1 N–H and O–H groups in total. The molecular weight excluding hydrogens is 290 g/mol. The van der Waals surface area contributed by atoms with Gasteiger partial charge in [0, 0.05) is 11.6 Å². The van der Waals surface area contributed by atoms with Gasteiger partial charge in [-0.05, 0) is 30.3 Å². The highest BCUT2D eigenvalue weighted by atomic mass is 16.5. The third-order valence-corrected chi connectivity index (χ3v) is 3.51. The number of ether oxygens (including phenoxy) is 2. The van der Waals surface area contributed by atoms with E-state index in [4.69, 9.17) is 9.47 Å². The van der Waals surface area contributed by atoms with E-state index in [0.717, 1.165) is 16.6 Å². The maximum absolute atomic E-state index is 9.49. The van der Waals surface area contributed by atoms with Gasteiger partial charge in [0.15, 0.2) is 0 Å². The van der Waals surface area contributed by atoms with Crippen LogP contribution in [0.25, 0.3) is 22.7 Å². The number of benzene rings is 2. The second kappa shape index (κ2) is 6.24. The van der Waals surface area contributed by atoms with Crippen molar-refractivity contribution in [2.45, 2.75) is 0 Å². The minimum Gasteiger partial charge on any atom is -0.497 e. The number of hydrogen-bond donors (Lipinski definition) is 1. The van der Waals surface area contributed by atoms with Crippen LogP contribution >= 0.6 is 0 Å². The summed E-state index contributed by atoms with van der Waals surface area (Å²) in [5.74, 6) is 1.86. The maximum atomic E-state index is 9.49. The number of hydrogen-bond acceptors (Lipinski definition) is 4. The van der Waals surface area contributed by atoms with Crippen molar-refractivity contribution < 1.29 is 9.47 Å². The third-order valence-electron chi connectivity index (χ3n) is 3.51. The van der Waals surface area contributed by atoms with E-state index >= 15 is 0 Å². The molecule has 0 fully saturated rings. The van der Waals surface area contributed by atoms with Crippen LogP contribution in [0.2, 0.25) is 0 Å². The number of para-hydroxylation sites is 2. The second-order valence-electron chi connectivity index (χ2n) is 4.88. The van der Waals surface area contributed by atoms with E-state index in [1.807, 2.05) is 36.4 Å². The zero-order valence-corrected chi connectivity index (χ0v) is 12.8. The molecule has 0 saturated carbocycles. The molecule has 0 bridgehead atoms. The number of nitriles is 1. The van der Waals surface area contributed by atoms with Crippen molar-refractivity contribution in [2.75, 3.05) is 14.2 Å². The second-order valence-corrected chi connectivity index (χ2v) is 4.88. The summed E-state index contributed by atoms with van der Waals surface area (Å²) in [5.41, 5.74) is 2.94. The van der Waals surface area contributed by atoms with Gasteiger partial charge in [-0.1, -0.05) is 12.1 Å². The lowest BCUT2D eigenvalue weighted by Crippen LogP contribution is -1.91. The van der Waals surface area contributed by atoms with E-state index < -0.39 is 0 Å². The van der Waals surface area contributed by atoms with Crippen LogP contribution < -0.4 is 9.47 Å². The molecule has 0 amide bonds. The van der Waals surface area contributed by atoms with E-state index in [1.54, 1.807) is 26.4 Å². The average Bonchev–Trinajstić information content (AvgIpc) is 3.03. The lowest BCUT2D eigenvalue weighted by Gasteiger charge is -2.07. The number of aromatic amines is 1. The molecule has 3 aromatic rings. The topological polar surface area (TPSA) is 70.9 Å². The Labute approximate surface area is 133 Å². The first-order valence-electron chi connectivity index (χ1n) is 7.04. The van der Waals surface area contributed by atoms with Crippen LogP contribution in [0.5, 0.6) is 11.5 Å². The number of nitrogens with zero attached hydrogens (tertiary/aromatic N) is 2. The molecule has 0 unspecified atom stereocenters. The molecule has 0 aliphatic rings. The van der Waals surface area contributed by atoms with Gasteiger partial charge >= 0.3 is 0 Å². The minimum absolute atomic E-state index is 0.435. The molecule has 0 radical (unpaired) electrons. The zero-order chi connectivity index (χ0) is 16.2. The Balaban J connectivity index is 2.07. The van der Waals surface area contributed by atoms with Gasteiger partial charge in [-0.25, -0.2) is 4.98 Å². The van der Waals surface area contributed by atoms with Crippen LogP contribution in [-0.2, 0) is 0 Å². The lowest BCUT2D eigenvalue weighted by molar-refractivity contribution is 0.394. The quantitative estimate of drug-likeness (QED) is 0.747. The summed E-state index contributed by atoms with van der Waals surface area (Å²) in [4.78, 5) is 7.62. The SMILES string of the molecule is COc1ccc(C=C(C#N)c2nc3ccccc3[nH]2)c(OC)c1. The highest BCUT2D eigenvalue weighted by molar-refractivity contribution is 5.91. The Morgan fingerprint density at radius 2 is 2.00 bits per heavy atom. The number of H-pyrrole nitrogens is 1. The molecule has 0 spiro atoms. The molecule has 5 heteroatoms. The lowest BCUT2D eigenvalue weighted by atomic mass is 10.1. The molecule has 23 heavy (non-hydrogen) atoms. The van der Waals surface area contributed by atoms with Gasteiger partial charge in [0.1, 0.15) is 23.4 Å². The van der Waals surface area contributed by atoms with Gasteiger partial charge in [-0.3, -0.25) is 0 Å². The Morgan fingerprint density at radius 3 is 2.70 bits per heavy atom. The van der Waals surface area contributed by atoms with Crippen molar-refractivity contribution in [3.8, 4) is 17.6 Å². The van der Waals surface area contributed by atoms with E-state index in [1.165, 1.54) is 0 Å². The summed E-state index contributed by atoms with van der Waals surface area (Å²) in [5, 5.41) is 9.49. The van der Waals surface area contributed by atoms with Crippen LogP contribution in [0.1, 0.15) is 11.4 Å². The normalized spacial score (nSPS) is 11.3. The van der Waals surface area contributed by atoms with Crippen LogP contribution in [0.3, 0.4) is 0 Å². The molecule has 1 heterocycles. The minimum atomic E-state index is 0.435. The first kappa shape index (κ1) is 14.7. The highest BCUT2D eigenvalue weighted by Crippen LogP contribution is 2.28. The predicted octanol–water partition coefficient (Wildman–Crippen LogP) is 3.64. The van der Waals surface area contributed by atoms with Crippen LogP contribution in [0.15, 0.2) is 42.5 Å². The van der Waals surface area contributed by atoms with E-state index in [0.29, 0.717) is 22.9 Å². The molecule has 0 atom stereocenters. The van der Waals surface area contributed by atoms with Gasteiger partial charge in [-0.2, -0.15) is 5.26 Å². The zero-order valence-electron chi connectivity index (χ0n) is 12.8. The molecular formula is C18H15N3O2. The van der Waals surface area contributed by atoms with Gasteiger partial charge in [0.2, 0.25) is 0 Å². The smallest absolute Gasteiger partial charge is 0.149 e. The monoisotopic (exact) mass is 305 g/mol. The van der Waals surface area contributed by atoms with Crippen LogP contribution in [0.4, 0.5) is 0 Å². The van der Waals surface area contributed by atoms with E-state index in [-0.39, 0.29) is 0 Å². The predicted molar refractivity (Wildman–Crippen MR) is 89.1 cm³/mol. The Morgan fingerprint density at radius 1 is 1.17 bits per heavy atom. The summed E-state index contributed by atoms with van der Waals surface area (Å²) in [6.07, 6.45) is 1.75. The summed E-state index contributed by atoms with van der Waals surface area (Å²) in [7, 11) is 3.18. The number of rotatable bonds is 4. The van der Waals surface area contributed by atoms with Crippen LogP contribution in [-0.4, -0.2) is 24.2 Å². The first-order chi connectivity index (χ1) is 11.2. The Hall–Kier alpha value is -3.26. The molecule has 2 aromatic carbocycles. The fraction of sp³-hybridized carbons (Fsp3) is 0.111. The fourth-order valence-electron chi connectivity index (χ4n) is 2.33. The Bertz CT molecular complexity index is 886. The molecule has 0 saturated heterocycles. The molecule has 0 aliphatic heterocycles. The maximum Gasteiger partial charge on any atom is 0.149 e. The van der Waals surface area contributed by atoms with Crippen molar-refractivity contribution >= 4 is 22.7 Å². The van der Waals surface area contributed by atoms with Gasteiger partial charge in [0.25, 0.3) is 0 Å². The number of imidazole rings is 1. The van der Waals surface area contributed by atoms with Crippen molar-refractivity contribution in [2.24, 2.45) is 0 Å². The number of fused-ring (bicyclic) bond motifs is 1. The van der Waals surface area contributed by atoms with Crippen LogP contribution in [0, 0.1) is 11.3 Å². The average molecular weight is 305 g/mol. The third kappa shape index (κ3) is 2.87. The molecule has 3 rings (SSSR count). The summed E-state index contributed by atoms with van der Waals surface area (Å²) in [6.45, 7) is 0. The van der Waals surface area contributed by atoms with Crippen molar-refractivity contribution in [1.29, 1.82) is 5.26 Å². The largest absolute Gasteiger partial charge is 0.497 e. The first-order valence-corrected chi connectivity index (χ1v) is 7.04. The summed E-state index contributed by atoms with van der Waals surface area (Å²) >= 11 is 0. The highest BCUT2D eigenvalue weighted by Gasteiger charge is 2.10.